The Balaban J connectivity index is 2.14. The van der Waals surface area contributed by atoms with Crippen LogP contribution in [0.2, 0.25) is 0 Å². The molecule has 0 amide bonds. The zero-order valence-corrected chi connectivity index (χ0v) is 7.38. The van der Waals surface area contributed by atoms with Crippen LogP contribution >= 0.6 is 0 Å². The summed E-state index contributed by atoms with van der Waals surface area (Å²) in [5, 5.41) is 8.62. The van der Waals surface area contributed by atoms with Gasteiger partial charge in [-0.1, -0.05) is 0 Å². The molecule has 0 unspecified atom stereocenters. The highest BCUT2D eigenvalue weighted by Gasteiger charge is 2.08. The van der Waals surface area contributed by atoms with Crippen LogP contribution in [0.1, 0.15) is 16.3 Å². The highest BCUT2D eigenvalue weighted by molar-refractivity contribution is 5.84. The molecule has 72 valence electrons. The van der Waals surface area contributed by atoms with Crippen LogP contribution in [0, 0.1) is 0 Å². The highest BCUT2D eigenvalue weighted by atomic mass is 16.4. The average Bonchev–Trinajstić information content (AvgIpc) is 2.75. The third-order valence-corrected chi connectivity index (χ3v) is 1.88. The molecule has 0 aliphatic heterocycles. The van der Waals surface area contributed by atoms with Crippen LogP contribution in [-0.2, 0) is 6.54 Å². The number of nitrogens with zero attached hydrogens (tertiary/aromatic N) is 1. The Kier molecular flexibility index (Phi) is 2.10. The summed E-state index contributed by atoms with van der Waals surface area (Å²) in [5.41, 5.74) is 0. The van der Waals surface area contributed by atoms with Crippen molar-refractivity contribution in [1.29, 1.82) is 0 Å². The molecule has 0 atom stereocenters. The van der Waals surface area contributed by atoms with Crippen LogP contribution in [-0.4, -0.2) is 15.6 Å². The van der Waals surface area contributed by atoms with Gasteiger partial charge in [0.25, 0.3) is 0 Å². The van der Waals surface area contributed by atoms with E-state index in [1.54, 1.807) is 6.07 Å². The molecule has 0 aliphatic carbocycles. The largest absolute Gasteiger partial charge is 0.475 e. The van der Waals surface area contributed by atoms with E-state index in [-0.39, 0.29) is 5.76 Å². The molecule has 0 aromatic carbocycles. The van der Waals surface area contributed by atoms with E-state index in [1.807, 2.05) is 29.1 Å². The number of rotatable bonds is 3. The van der Waals surface area contributed by atoms with Crippen molar-refractivity contribution in [2.45, 2.75) is 6.54 Å². The first-order valence-corrected chi connectivity index (χ1v) is 4.18. The Hall–Kier alpha value is -1.97. The van der Waals surface area contributed by atoms with Gasteiger partial charge in [0.1, 0.15) is 5.76 Å². The number of hydrogen-bond acceptors (Lipinski definition) is 2. The lowest BCUT2D eigenvalue weighted by Gasteiger charge is -1.97. The van der Waals surface area contributed by atoms with Gasteiger partial charge in [0.2, 0.25) is 5.76 Å². The summed E-state index contributed by atoms with van der Waals surface area (Å²) < 4.78 is 7.01. The SMILES string of the molecule is O=C(O)c1ccc(Cn2cccc2)o1. The van der Waals surface area contributed by atoms with Gasteiger partial charge in [-0.05, 0) is 24.3 Å². The van der Waals surface area contributed by atoms with E-state index in [4.69, 9.17) is 9.52 Å². The first-order valence-electron chi connectivity index (χ1n) is 4.18. The normalized spacial score (nSPS) is 10.3. The number of carbonyl (C=O) groups is 1. The van der Waals surface area contributed by atoms with E-state index in [9.17, 15) is 4.79 Å². The fourth-order valence-corrected chi connectivity index (χ4v) is 1.23. The number of aromatic carboxylic acids is 1. The van der Waals surface area contributed by atoms with E-state index < -0.39 is 5.97 Å². The summed E-state index contributed by atoms with van der Waals surface area (Å²) in [7, 11) is 0. The molecule has 2 rings (SSSR count). The quantitative estimate of drug-likeness (QED) is 0.805. The van der Waals surface area contributed by atoms with Gasteiger partial charge in [0, 0.05) is 12.4 Å². The summed E-state index contributed by atoms with van der Waals surface area (Å²) in [6.07, 6.45) is 3.78. The molecule has 0 bridgehead atoms. The Morgan fingerprint density at radius 3 is 2.64 bits per heavy atom. The molecule has 0 spiro atoms. The van der Waals surface area contributed by atoms with Crippen molar-refractivity contribution in [1.82, 2.24) is 4.57 Å². The van der Waals surface area contributed by atoms with Gasteiger partial charge in [-0.25, -0.2) is 4.79 Å². The van der Waals surface area contributed by atoms with Gasteiger partial charge < -0.3 is 14.1 Å². The van der Waals surface area contributed by atoms with Crippen molar-refractivity contribution < 1.29 is 14.3 Å². The second-order valence-corrected chi connectivity index (χ2v) is 2.93. The minimum Gasteiger partial charge on any atom is -0.475 e. The predicted molar refractivity (Wildman–Crippen MR) is 49.2 cm³/mol. The Labute approximate surface area is 80.4 Å². The first-order chi connectivity index (χ1) is 6.75. The summed E-state index contributed by atoms with van der Waals surface area (Å²) in [4.78, 5) is 10.5. The number of furan rings is 1. The fraction of sp³-hybridized carbons (Fsp3) is 0.100. The lowest BCUT2D eigenvalue weighted by molar-refractivity contribution is 0.0660. The number of hydrogen-bond donors (Lipinski definition) is 1. The van der Waals surface area contributed by atoms with Crippen LogP contribution < -0.4 is 0 Å². The fourth-order valence-electron chi connectivity index (χ4n) is 1.23. The van der Waals surface area contributed by atoms with Crippen molar-refractivity contribution in [3.05, 3.63) is 48.2 Å². The molecule has 0 aliphatic rings. The molecule has 2 aromatic heterocycles. The van der Waals surface area contributed by atoms with Crippen molar-refractivity contribution in [2.75, 3.05) is 0 Å². The van der Waals surface area contributed by atoms with Crippen LogP contribution in [0.3, 0.4) is 0 Å². The number of aromatic nitrogens is 1. The van der Waals surface area contributed by atoms with Crippen LogP contribution in [0.15, 0.2) is 41.1 Å². The smallest absolute Gasteiger partial charge is 0.371 e. The molecule has 2 heterocycles. The topological polar surface area (TPSA) is 55.4 Å². The monoisotopic (exact) mass is 191 g/mol. The van der Waals surface area contributed by atoms with E-state index in [0.717, 1.165) is 0 Å². The third kappa shape index (κ3) is 1.69. The molecule has 1 N–H and O–H groups in total. The Bertz CT molecular complexity index is 428. The molecule has 0 fully saturated rings. The second-order valence-electron chi connectivity index (χ2n) is 2.93. The summed E-state index contributed by atoms with van der Waals surface area (Å²) >= 11 is 0. The molecule has 0 saturated carbocycles. The lowest BCUT2D eigenvalue weighted by atomic mass is 10.4. The Morgan fingerprint density at radius 2 is 2.07 bits per heavy atom. The van der Waals surface area contributed by atoms with E-state index >= 15 is 0 Å². The van der Waals surface area contributed by atoms with Crippen LogP contribution in [0.4, 0.5) is 0 Å². The zero-order chi connectivity index (χ0) is 9.97. The van der Waals surface area contributed by atoms with Gasteiger partial charge in [0.05, 0.1) is 6.54 Å². The molecule has 0 saturated heterocycles. The standard InChI is InChI=1S/C10H9NO3/c12-10(13)9-4-3-8(14-9)7-11-5-1-2-6-11/h1-6H,7H2,(H,12,13). The first kappa shape index (κ1) is 8.62. The van der Waals surface area contributed by atoms with E-state index in [1.165, 1.54) is 6.07 Å². The zero-order valence-electron chi connectivity index (χ0n) is 7.38. The minimum atomic E-state index is -1.04. The van der Waals surface area contributed by atoms with Crippen LogP contribution in [0.5, 0.6) is 0 Å². The summed E-state index contributed by atoms with van der Waals surface area (Å²) in [6.45, 7) is 0.556. The lowest BCUT2D eigenvalue weighted by Crippen LogP contribution is -1.95. The van der Waals surface area contributed by atoms with Crippen molar-refractivity contribution in [3.63, 3.8) is 0 Å². The third-order valence-electron chi connectivity index (χ3n) is 1.88. The molecule has 0 radical (unpaired) electrons. The van der Waals surface area contributed by atoms with Gasteiger partial charge in [-0.15, -0.1) is 0 Å². The van der Waals surface area contributed by atoms with E-state index in [0.29, 0.717) is 12.3 Å². The Morgan fingerprint density at radius 1 is 1.36 bits per heavy atom. The van der Waals surface area contributed by atoms with Crippen LogP contribution in [0.25, 0.3) is 0 Å². The van der Waals surface area contributed by atoms with Crippen molar-refractivity contribution in [3.8, 4) is 0 Å². The van der Waals surface area contributed by atoms with Gasteiger partial charge >= 0.3 is 5.97 Å². The van der Waals surface area contributed by atoms with E-state index in [2.05, 4.69) is 0 Å². The molecule has 14 heavy (non-hydrogen) atoms. The molecule has 4 nitrogen and oxygen atoms in total. The molecular weight excluding hydrogens is 182 g/mol. The highest BCUT2D eigenvalue weighted by Crippen LogP contribution is 2.09. The van der Waals surface area contributed by atoms with Crippen molar-refractivity contribution in [2.24, 2.45) is 0 Å². The van der Waals surface area contributed by atoms with Gasteiger partial charge in [-0.2, -0.15) is 0 Å². The second kappa shape index (κ2) is 3.41. The minimum absolute atomic E-state index is 0.0212. The van der Waals surface area contributed by atoms with Gasteiger partial charge in [-0.3, -0.25) is 0 Å². The maximum atomic E-state index is 10.5. The molecular formula is C10H9NO3. The summed E-state index contributed by atoms with van der Waals surface area (Å²) in [5.74, 6) is -0.422. The predicted octanol–water partition coefficient (Wildman–Crippen LogP) is 1.83. The van der Waals surface area contributed by atoms with Crippen molar-refractivity contribution >= 4 is 5.97 Å². The molecule has 2 aromatic rings. The maximum Gasteiger partial charge on any atom is 0.371 e. The maximum absolute atomic E-state index is 10.5. The number of carboxylic acid groups (broad SMARTS) is 1. The molecule has 4 heteroatoms. The number of carboxylic acids is 1. The summed E-state index contributed by atoms with van der Waals surface area (Å²) in [6, 6.07) is 6.94. The average molecular weight is 191 g/mol. The van der Waals surface area contributed by atoms with Gasteiger partial charge in [0.15, 0.2) is 0 Å².